The maximum Gasteiger partial charge on any atom is 0.0713 e. The molecule has 1 heterocycles. The predicted octanol–water partition coefficient (Wildman–Crippen LogP) is 22.1. The van der Waals surface area contributed by atoms with Crippen molar-refractivity contribution in [3.8, 4) is 72.4 Å². The fraction of sp³-hybridized carbons (Fsp3) is 0.0120. The molecule has 16 rings (SSSR count). The van der Waals surface area contributed by atoms with Crippen LogP contribution in [0.1, 0.15) is 22.3 Å². The topological polar surface area (TPSA) is 8.17 Å². The molecule has 0 bridgehead atoms. The minimum absolute atomic E-state index is 0.473. The van der Waals surface area contributed by atoms with Crippen LogP contribution in [0, 0.1) is 0 Å². The van der Waals surface area contributed by atoms with E-state index in [1.807, 2.05) is 0 Å². The van der Waals surface area contributed by atoms with Gasteiger partial charge in [0.2, 0.25) is 0 Å². The van der Waals surface area contributed by atoms with Gasteiger partial charge in [0, 0.05) is 33.4 Å². The first-order valence-electron chi connectivity index (χ1n) is 29.4. The van der Waals surface area contributed by atoms with E-state index in [1.165, 1.54) is 111 Å². The Bertz CT molecular complexity index is 4870. The second kappa shape index (κ2) is 20.7. The van der Waals surface area contributed by atoms with Crippen molar-refractivity contribution >= 4 is 49.6 Å². The lowest BCUT2D eigenvalue weighted by molar-refractivity contribution is 0.769. The third-order valence-corrected chi connectivity index (χ3v) is 17.7. The summed E-state index contributed by atoms with van der Waals surface area (Å²) in [5, 5.41) is 5.01. The number of hydrogen-bond donors (Lipinski definition) is 0. The Balaban J connectivity index is 0.753. The van der Waals surface area contributed by atoms with Crippen molar-refractivity contribution < 1.29 is 0 Å². The lowest BCUT2D eigenvalue weighted by Gasteiger charge is -2.34. The highest BCUT2D eigenvalue weighted by Gasteiger charge is 2.46. The van der Waals surface area contributed by atoms with E-state index in [1.54, 1.807) is 0 Å². The molecule has 2 nitrogen and oxygen atoms in total. The quantitative estimate of drug-likeness (QED) is 0.125. The molecule has 85 heavy (non-hydrogen) atoms. The fourth-order valence-electron chi connectivity index (χ4n) is 13.7. The molecule has 2 heteroatoms. The van der Waals surface area contributed by atoms with Gasteiger partial charge in [-0.3, -0.25) is 0 Å². The van der Waals surface area contributed by atoms with Crippen molar-refractivity contribution in [1.29, 1.82) is 0 Å². The van der Waals surface area contributed by atoms with E-state index in [0.29, 0.717) is 0 Å². The van der Waals surface area contributed by atoms with Crippen LogP contribution in [-0.2, 0) is 5.41 Å². The van der Waals surface area contributed by atoms with Crippen LogP contribution >= 0.6 is 0 Å². The summed E-state index contributed by atoms with van der Waals surface area (Å²) in [5.41, 5.74) is 25.8. The number of fused-ring (bicyclic) bond motifs is 7. The molecule has 0 spiro atoms. The number of benzene rings is 14. The van der Waals surface area contributed by atoms with Crippen LogP contribution in [0.5, 0.6) is 0 Å². The van der Waals surface area contributed by atoms with Crippen molar-refractivity contribution in [2.75, 3.05) is 4.90 Å². The van der Waals surface area contributed by atoms with Gasteiger partial charge < -0.3 is 9.47 Å². The molecule has 0 saturated carbocycles. The molecular formula is C83H56N2. The zero-order valence-electron chi connectivity index (χ0n) is 46.7. The van der Waals surface area contributed by atoms with Crippen LogP contribution in [0.4, 0.5) is 17.1 Å². The number of aromatic nitrogens is 1. The van der Waals surface area contributed by atoms with Crippen molar-refractivity contribution in [2.24, 2.45) is 0 Å². The molecule has 0 fully saturated rings. The molecule has 0 unspecified atom stereocenters. The predicted molar refractivity (Wildman–Crippen MR) is 357 cm³/mol. The van der Waals surface area contributed by atoms with Crippen LogP contribution in [-0.4, -0.2) is 4.57 Å². The Kier molecular flexibility index (Phi) is 12.1. The average molecular weight is 1080 g/mol. The normalized spacial score (nSPS) is 12.3. The average Bonchev–Trinajstić information content (AvgIpc) is 1.64. The Morgan fingerprint density at radius 2 is 0.647 bits per heavy atom. The second-order valence-corrected chi connectivity index (χ2v) is 22.4. The van der Waals surface area contributed by atoms with E-state index in [9.17, 15) is 0 Å². The number of para-hydroxylation sites is 3. The maximum atomic E-state index is 2.45. The Morgan fingerprint density at radius 1 is 0.235 bits per heavy atom. The van der Waals surface area contributed by atoms with E-state index in [2.05, 4.69) is 349 Å². The van der Waals surface area contributed by atoms with Gasteiger partial charge in [0.15, 0.2) is 0 Å². The van der Waals surface area contributed by atoms with E-state index < -0.39 is 5.41 Å². The van der Waals surface area contributed by atoms with Crippen LogP contribution in [0.3, 0.4) is 0 Å². The summed E-state index contributed by atoms with van der Waals surface area (Å²) in [7, 11) is 0. The molecule has 0 amide bonds. The second-order valence-electron chi connectivity index (χ2n) is 22.4. The third kappa shape index (κ3) is 8.49. The molecule has 1 aromatic heterocycles. The molecule has 0 atom stereocenters. The molecule has 1 aliphatic carbocycles. The van der Waals surface area contributed by atoms with Gasteiger partial charge in [0.05, 0.1) is 22.1 Å². The van der Waals surface area contributed by atoms with Gasteiger partial charge in [-0.15, -0.1) is 0 Å². The highest BCUT2D eigenvalue weighted by Crippen LogP contribution is 2.57. The van der Waals surface area contributed by atoms with Gasteiger partial charge in [-0.1, -0.05) is 267 Å². The highest BCUT2D eigenvalue weighted by atomic mass is 15.1. The lowest BCUT2D eigenvalue weighted by atomic mass is 9.67. The van der Waals surface area contributed by atoms with Gasteiger partial charge in [0.25, 0.3) is 0 Å². The first kappa shape index (κ1) is 49.7. The van der Waals surface area contributed by atoms with Gasteiger partial charge in [-0.2, -0.15) is 0 Å². The van der Waals surface area contributed by atoms with Crippen molar-refractivity contribution in [3.63, 3.8) is 0 Å². The number of hydrogen-bond acceptors (Lipinski definition) is 1. The van der Waals surface area contributed by atoms with Gasteiger partial charge >= 0.3 is 0 Å². The van der Waals surface area contributed by atoms with E-state index in [0.717, 1.165) is 33.8 Å². The van der Waals surface area contributed by atoms with E-state index in [-0.39, 0.29) is 0 Å². The summed E-state index contributed by atoms with van der Waals surface area (Å²) in [5.74, 6) is 0. The minimum Gasteiger partial charge on any atom is -0.311 e. The summed E-state index contributed by atoms with van der Waals surface area (Å²) in [6.07, 6.45) is 0. The van der Waals surface area contributed by atoms with E-state index >= 15 is 0 Å². The smallest absolute Gasteiger partial charge is 0.0713 e. The Hall–Kier alpha value is -11.1. The highest BCUT2D eigenvalue weighted by molar-refractivity contribution is 6.10. The lowest BCUT2D eigenvalue weighted by Crippen LogP contribution is -2.28. The maximum absolute atomic E-state index is 2.45. The number of anilines is 3. The number of nitrogens with zero attached hydrogens (tertiary/aromatic N) is 2. The molecule has 0 N–H and O–H groups in total. The zero-order chi connectivity index (χ0) is 56.3. The zero-order valence-corrected chi connectivity index (χ0v) is 46.7. The summed E-state index contributed by atoms with van der Waals surface area (Å²) in [6, 6.07) is 125. The van der Waals surface area contributed by atoms with Crippen LogP contribution < -0.4 is 4.90 Å². The monoisotopic (exact) mass is 1080 g/mol. The molecule has 0 radical (unpaired) electrons. The van der Waals surface area contributed by atoms with Gasteiger partial charge in [-0.25, -0.2) is 0 Å². The number of rotatable bonds is 11. The molecule has 0 aliphatic heterocycles. The van der Waals surface area contributed by atoms with Crippen LogP contribution in [0.15, 0.2) is 340 Å². The standard InChI is InChI=1S/C83H56N2/c1-3-22-68(23-4-1)83(69-24-5-2-6-25-69)78-30-13-9-27-74(78)75-53-46-67(56-79(75)83)61-44-51-72(52-45-61)84(71-49-42-60(43-50-71)64-20-17-21-65(54-64)66-39-36-57-18-7-8-19-63(57)55-66)70-47-40-59(41-48-70)58-34-37-62(38-35-58)73-26-10-14-31-80(73)85-81-32-15-11-28-76(81)77-29-12-16-33-82(77)85/h1-56H. The molecule has 14 aromatic carbocycles. The fourth-order valence-corrected chi connectivity index (χ4v) is 13.7. The summed E-state index contributed by atoms with van der Waals surface area (Å²) < 4.78 is 2.42. The molecule has 15 aromatic rings. The Morgan fingerprint density at radius 3 is 1.26 bits per heavy atom. The summed E-state index contributed by atoms with van der Waals surface area (Å²) >= 11 is 0. The summed E-state index contributed by atoms with van der Waals surface area (Å²) in [6.45, 7) is 0. The third-order valence-electron chi connectivity index (χ3n) is 17.7. The van der Waals surface area contributed by atoms with Crippen LogP contribution in [0.2, 0.25) is 0 Å². The van der Waals surface area contributed by atoms with Gasteiger partial charge in [0.1, 0.15) is 0 Å². The largest absolute Gasteiger partial charge is 0.311 e. The van der Waals surface area contributed by atoms with Crippen molar-refractivity contribution in [2.45, 2.75) is 5.41 Å². The Labute approximate surface area is 496 Å². The van der Waals surface area contributed by atoms with Crippen LogP contribution in [0.25, 0.3) is 105 Å². The minimum atomic E-state index is -0.473. The van der Waals surface area contributed by atoms with E-state index in [4.69, 9.17) is 0 Å². The molecule has 0 saturated heterocycles. The van der Waals surface area contributed by atoms with Gasteiger partial charge in [-0.05, 0) is 167 Å². The first-order valence-corrected chi connectivity index (χ1v) is 29.4. The molecule has 398 valence electrons. The van der Waals surface area contributed by atoms with Crippen molar-refractivity contribution in [3.05, 3.63) is 362 Å². The first-order chi connectivity index (χ1) is 42.1. The SMILES string of the molecule is c1ccc(C2(c3ccccc3)c3ccccc3-c3ccc(-c4ccc(N(c5ccc(-c6ccc(-c7ccccc7-n7c8ccccc8c8ccccc87)cc6)cc5)c5ccc(-c6cccc(-c7ccc8ccccc8c7)c6)cc5)cc4)cc32)cc1. The molecule has 1 aliphatic rings. The summed E-state index contributed by atoms with van der Waals surface area (Å²) in [4.78, 5) is 2.38. The van der Waals surface area contributed by atoms with Crippen molar-refractivity contribution in [1.82, 2.24) is 4.57 Å². The molecular weight excluding hydrogens is 1020 g/mol.